The Bertz CT molecular complexity index is 206. The lowest BCUT2D eigenvalue weighted by atomic mass is 10.1. The second-order valence-corrected chi connectivity index (χ2v) is 4.39. The van der Waals surface area contributed by atoms with Crippen LogP contribution in [0, 0.1) is 5.92 Å². The number of unbranched alkanes of at least 4 members (excludes halogenated alkanes) is 2. The molecule has 15 heavy (non-hydrogen) atoms. The fraction of sp³-hybridized carbons (Fsp3) is 0.900. The Morgan fingerprint density at radius 3 is 2.53 bits per heavy atom. The first-order valence-electron chi connectivity index (χ1n) is 5.34. The minimum atomic E-state index is -2.18. The van der Waals surface area contributed by atoms with E-state index in [4.69, 9.17) is 4.74 Å². The van der Waals surface area contributed by atoms with Crippen LogP contribution in [0.2, 0.25) is 0 Å². The van der Waals surface area contributed by atoms with E-state index in [-0.39, 0.29) is 5.75 Å². The molecule has 0 rings (SSSR count). The first-order chi connectivity index (χ1) is 7.11. The van der Waals surface area contributed by atoms with Gasteiger partial charge in [0.15, 0.2) is 0 Å². The standard InChI is InChI=1S/C10H20O4S/c1-3-5-6-7-14-10(11)9(4-2)8-15(12)13/h9H,3-8H2,1-2H3,(H,12,13)/p-1. The van der Waals surface area contributed by atoms with E-state index >= 15 is 0 Å². The summed E-state index contributed by atoms with van der Waals surface area (Å²) in [6.07, 6.45) is 3.44. The Labute approximate surface area is 93.7 Å². The second-order valence-electron chi connectivity index (χ2n) is 3.45. The van der Waals surface area contributed by atoms with Crippen molar-refractivity contribution >= 4 is 17.0 Å². The molecule has 0 saturated heterocycles. The second kappa shape index (κ2) is 8.85. The smallest absolute Gasteiger partial charge is 0.309 e. The van der Waals surface area contributed by atoms with Gasteiger partial charge in [0.25, 0.3) is 0 Å². The zero-order chi connectivity index (χ0) is 11.7. The van der Waals surface area contributed by atoms with Crippen molar-refractivity contribution < 1.29 is 18.3 Å². The van der Waals surface area contributed by atoms with Crippen molar-refractivity contribution in [1.29, 1.82) is 0 Å². The van der Waals surface area contributed by atoms with E-state index in [2.05, 4.69) is 6.92 Å². The molecule has 2 atom stereocenters. The molecule has 0 saturated carbocycles. The highest BCUT2D eigenvalue weighted by Gasteiger charge is 2.17. The highest BCUT2D eigenvalue weighted by atomic mass is 32.2. The minimum Gasteiger partial charge on any atom is -0.772 e. The molecule has 4 nitrogen and oxygen atoms in total. The lowest BCUT2D eigenvalue weighted by molar-refractivity contribution is -0.148. The fourth-order valence-corrected chi connectivity index (χ4v) is 1.86. The van der Waals surface area contributed by atoms with E-state index in [9.17, 15) is 13.6 Å². The van der Waals surface area contributed by atoms with Crippen LogP contribution >= 0.6 is 0 Å². The number of rotatable bonds is 8. The quantitative estimate of drug-likeness (QED) is 0.364. The normalized spacial score (nSPS) is 14.6. The largest absolute Gasteiger partial charge is 0.772 e. The molecule has 0 heterocycles. The molecule has 0 spiro atoms. The molecule has 5 heteroatoms. The van der Waals surface area contributed by atoms with Crippen molar-refractivity contribution in [2.24, 2.45) is 5.92 Å². The van der Waals surface area contributed by atoms with Gasteiger partial charge in [0, 0.05) is 5.75 Å². The van der Waals surface area contributed by atoms with Crippen LogP contribution in [-0.4, -0.2) is 27.1 Å². The van der Waals surface area contributed by atoms with Gasteiger partial charge in [-0.25, -0.2) is 0 Å². The zero-order valence-corrected chi connectivity index (χ0v) is 10.2. The van der Waals surface area contributed by atoms with Gasteiger partial charge in [0.05, 0.1) is 12.5 Å². The monoisotopic (exact) mass is 235 g/mol. The molecular formula is C10H19O4S-. The first-order valence-corrected chi connectivity index (χ1v) is 6.58. The summed E-state index contributed by atoms with van der Waals surface area (Å²) >= 11 is -2.18. The van der Waals surface area contributed by atoms with Crippen LogP contribution in [-0.2, 0) is 20.6 Å². The summed E-state index contributed by atoms with van der Waals surface area (Å²) in [5.74, 6) is -1.04. The Morgan fingerprint density at radius 1 is 1.40 bits per heavy atom. The average molecular weight is 235 g/mol. The Balaban J connectivity index is 3.78. The molecule has 0 bridgehead atoms. The van der Waals surface area contributed by atoms with Crippen LogP contribution in [0.1, 0.15) is 39.5 Å². The van der Waals surface area contributed by atoms with Crippen molar-refractivity contribution in [2.45, 2.75) is 39.5 Å². The lowest BCUT2D eigenvalue weighted by Crippen LogP contribution is -2.23. The molecule has 0 fully saturated rings. The Kier molecular flexibility index (Phi) is 8.61. The molecule has 0 aliphatic rings. The molecule has 90 valence electrons. The predicted molar refractivity (Wildman–Crippen MR) is 58.1 cm³/mol. The van der Waals surface area contributed by atoms with Crippen molar-refractivity contribution in [3.8, 4) is 0 Å². The highest BCUT2D eigenvalue weighted by Crippen LogP contribution is 2.07. The van der Waals surface area contributed by atoms with Crippen LogP contribution in [0.15, 0.2) is 0 Å². The summed E-state index contributed by atoms with van der Waals surface area (Å²) in [4.78, 5) is 11.4. The van der Waals surface area contributed by atoms with Gasteiger partial charge in [-0.2, -0.15) is 0 Å². The van der Waals surface area contributed by atoms with Gasteiger partial charge in [-0.3, -0.25) is 9.00 Å². The van der Waals surface area contributed by atoms with Gasteiger partial charge < -0.3 is 9.29 Å². The van der Waals surface area contributed by atoms with E-state index in [0.29, 0.717) is 13.0 Å². The van der Waals surface area contributed by atoms with Gasteiger partial charge >= 0.3 is 5.97 Å². The number of ether oxygens (including phenoxy) is 1. The van der Waals surface area contributed by atoms with Crippen molar-refractivity contribution in [3.05, 3.63) is 0 Å². The number of carbonyl (C=O) groups excluding carboxylic acids is 1. The SMILES string of the molecule is CCCCCOC(=O)C(CC)CS(=O)[O-]. The maximum absolute atomic E-state index is 11.4. The summed E-state index contributed by atoms with van der Waals surface area (Å²) in [6, 6.07) is 0. The van der Waals surface area contributed by atoms with E-state index in [1.165, 1.54) is 0 Å². The molecule has 0 aromatic carbocycles. The fourth-order valence-electron chi connectivity index (χ4n) is 1.16. The number of carbonyl (C=O) groups is 1. The van der Waals surface area contributed by atoms with Crippen LogP contribution in [0.3, 0.4) is 0 Å². The topological polar surface area (TPSA) is 66.4 Å². The van der Waals surface area contributed by atoms with Crippen LogP contribution < -0.4 is 0 Å². The lowest BCUT2D eigenvalue weighted by Gasteiger charge is -2.15. The first kappa shape index (κ1) is 14.6. The summed E-state index contributed by atoms with van der Waals surface area (Å²) in [6.45, 7) is 4.25. The summed E-state index contributed by atoms with van der Waals surface area (Å²) < 4.78 is 25.9. The third kappa shape index (κ3) is 7.50. The molecule has 0 aromatic heterocycles. The molecule has 0 N–H and O–H groups in total. The Hall–Kier alpha value is -0.420. The molecular weight excluding hydrogens is 216 g/mol. The van der Waals surface area contributed by atoms with Crippen LogP contribution in [0.25, 0.3) is 0 Å². The minimum absolute atomic E-state index is 0.136. The number of hydrogen-bond donors (Lipinski definition) is 0. The summed E-state index contributed by atoms with van der Waals surface area (Å²) in [5.41, 5.74) is 0. The van der Waals surface area contributed by atoms with Gasteiger partial charge in [0.2, 0.25) is 0 Å². The highest BCUT2D eigenvalue weighted by molar-refractivity contribution is 7.79. The number of hydrogen-bond acceptors (Lipinski definition) is 4. The van der Waals surface area contributed by atoms with Gasteiger partial charge in [-0.1, -0.05) is 37.8 Å². The van der Waals surface area contributed by atoms with E-state index in [1.54, 1.807) is 6.92 Å². The van der Waals surface area contributed by atoms with Gasteiger partial charge in [0.1, 0.15) is 0 Å². The maximum atomic E-state index is 11.4. The number of esters is 1. The van der Waals surface area contributed by atoms with E-state index in [0.717, 1.165) is 19.3 Å². The maximum Gasteiger partial charge on any atom is 0.309 e. The van der Waals surface area contributed by atoms with Crippen LogP contribution in [0.5, 0.6) is 0 Å². The molecule has 0 aliphatic carbocycles. The molecule has 0 aromatic rings. The summed E-state index contributed by atoms with van der Waals surface area (Å²) in [5, 5.41) is 0. The predicted octanol–water partition coefficient (Wildman–Crippen LogP) is 1.63. The van der Waals surface area contributed by atoms with Crippen LogP contribution in [0.4, 0.5) is 0 Å². The van der Waals surface area contributed by atoms with Crippen molar-refractivity contribution in [1.82, 2.24) is 0 Å². The molecule has 0 amide bonds. The zero-order valence-electron chi connectivity index (χ0n) is 9.36. The third-order valence-electron chi connectivity index (χ3n) is 2.16. The average Bonchev–Trinajstić information content (AvgIpc) is 2.20. The van der Waals surface area contributed by atoms with Crippen molar-refractivity contribution in [3.63, 3.8) is 0 Å². The summed E-state index contributed by atoms with van der Waals surface area (Å²) in [7, 11) is 0. The molecule has 0 aliphatic heterocycles. The van der Waals surface area contributed by atoms with E-state index < -0.39 is 23.0 Å². The molecule has 2 unspecified atom stereocenters. The molecule has 0 radical (unpaired) electrons. The third-order valence-corrected chi connectivity index (χ3v) is 2.83. The van der Waals surface area contributed by atoms with E-state index in [1.807, 2.05) is 0 Å². The van der Waals surface area contributed by atoms with Gasteiger partial charge in [-0.15, -0.1) is 0 Å². The van der Waals surface area contributed by atoms with Gasteiger partial charge in [-0.05, 0) is 12.8 Å². The Morgan fingerprint density at radius 2 is 2.07 bits per heavy atom. The van der Waals surface area contributed by atoms with Crippen molar-refractivity contribution in [2.75, 3.05) is 12.4 Å².